The molecule has 0 spiro atoms. The van der Waals surface area contributed by atoms with E-state index in [1.165, 1.54) is 24.8 Å². The van der Waals surface area contributed by atoms with E-state index in [1.807, 2.05) is 11.9 Å². The number of rotatable bonds is 3. The van der Waals surface area contributed by atoms with Gasteiger partial charge in [-0.2, -0.15) is 0 Å². The van der Waals surface area contributed by atoms with Crippen LogP contribution in [0.3, 0.4) is 0 Å². The number of thiophene rings is 1. The highest BCUT2D eigenvalue weighted by atomic mass is 79.9. The van der Waals surface area contributed by atoms with Crippen LogP contribution in [0.5, 0.6) is 0 Å². The number of carbonyl (C=O) groups excluding carboxylic acids is 1. The Labute approximate surface area is 139 Å². The van der Waals surface area contributed by atoms with E-state index in [4.69, 9.17) is 0 Å². The monoisotopic (exact) mass is 367 g/mol. The van der Waals surface area contributed by atoms with Gasteiger partial charge in [-0.1, -0.05) is 0 Å². The molecule has 4 fully saturated rings. The highest BCUT2D eigenvalue weighted by Gasteiger charge is 2.55. The van der Waals surface area contributed by atoms with E-state index in [1.54, 1.807) is 11.3 Å². The van der Waals surface area contributed by atoms with Crippen molar-refractivity contribution in [2.75, 3.05) is 7.05 Å². The molecule has 4 saturated carbocycles. The summed E-state index contributed by atoms with van der Waals surface area (Å²) in [4.78, 5) is 15.1. The third kappa shape index (κ3) is 2.48. The normalized spacial score (nSPS) is 37.0. The Balaban J connectivity index is 1.51. The van der Waals surface area contributed by atoms with Crippen molar-refractivity contribution < 1.29 is 4.79 Å². The minimum atomic E-state index is -0.00322. The summed E-state index contributed by atoms with van der Waals surface area (Å²) in [7, 11) is 1.99. The molecule has 5 rings (SSSR count). The van der Waals surface area contributed by atoms with Gasteiger partial charge < -0.3 is 4.90 Å². The summed E-state index contributed by atoms with van der Waals surface area (Å²) in [5.41, 5.74) is 1.24. The summed E-state index contributed by atoms with van der Waals surface area (Å²) < 4.78 is 1.15. The molecular weight excluding hydrogens is 346 g/mol. The zero-order valence-corrected chi connectivity index (χ0v) is 14.9. The van der Waals surface area contributed by atoms with Gasteiger partial charge in [0.05, 0.1) is 9.20 Å². The van der Waals surface area contributed by atoms with Crippen molar-refractivity contribution in [2.45, 2.75) is 45.1 Å². The summed E-state index contributed by atoms with van der Waals surface area (Å²) >= 11 is 5.20. The van der Waals surface area contributed by atoms with Crippen LogP contribution < -0.4 is 0 Å². The maximum Gasteiger partial charge on any atom is 0.228 e. The van der Waals surface area contributed by atoms with E-state index in [-0.39, 0.29) is 5.41 Å². The summed E-state index contributed by atoms with van der Waals surface area (Å²) in [6, 6.07) is 2.13. The number of halogens is 1. The molecule has 4 aliphatic rings. The van der Waals surface area contributed by atoms with Crippen LogP contribution in [0.15, 0.2) is 15.2 Å². The molecule has 0 radical (unpaired) electrons. The van der Waals surface area contributed by atoms with Gasteiger partial charge in [0.1, 0.15) is 0 Å². The predicted octanol–water partition coefficient (Wildman–Crippen LogP) is 4.69. The van der Waals surface area contributed by atoms with Gasteiger partial charge in [-0.3, -0.25) is 4.79 Å². The van der Waals surface area contributed by atoms with Crippen molar-refractivity contribution in [3.8, 4) is 0 Å². The van der Waals surface area contributed by atoms with Gasteiger partial charge in [0.15, 0.2) is 0 Å². The largest absolute Gasteiger partial charge is 0.341 e. The van der Waals surface area contributed by atoms with Gasteiger partial charge in [-0.25, -0.2) is 0 Å². The Bertz CT molecular complexity index is 532. The first-order chi connectivity index (χ1) is 10.0. The first-order valence-corrected chi connectivity index (χ1v) is 9.70. The number of hydrogen-bond donors (Lipinski definition) is 0. The number of hydrogen-bond acceptors (Lipinski definition) is 2. The lowest BCUT2D eigenvalue weighted by Gasteiger charge is -2.56. The molecule has 4 aliphatic carbocycles. The lowest BCUT2D eigenvalue weighted by Crippen LogP contribution is -2.53. The first kappa shape index (κ1) is 14.3. The fourth-order valence-electron chi connectivity index (χ4n) is 5.55. The van der Waals surface area contributed by atoms with E-state index in [0.29, 0.717) is 5.91 Å². The molecule has 114 valence electrons. The van der Waals surface area contributed by atoms with Crippen molar-refractivity contribution >= 4 is 33.2 Å². The second-order valence-corrected chi connectivity index (χ2v) is 9.91. The summed E-state index contributed by atoms with van der Waals surface area (Å²) in [6.45, 7) is 0.753. The summed E-state index contributed by atoms with van der Waals surface area (Å²) in [6.07, 6.45) is 7.68. The summed E-state index contributed by atoms with van der Waals surface area (Å²) in [5.74, 6) is 2.93. The van der Waals surface area contributed by atoms with Gasteiger partial charge in [0.25, 0.3) is 0 Å². The van der Waals surface area contributed by atoms with E-state index < -0.39 is 0 Å². The third-order valence-corrected chi connectivity index (χ3v) is 7.43. The SMILES string of the molecule is CN(Cc1csc(Br)c1)C(=O)C12CC3CC(CC(C3)C1)C2. The van der Waals surface area contributed by atoms with Crippen LogP contribution in [0, 0.1) is 23.2 Å². The Hall–Kier alpha value is -0.350. The van der Waals surface area contributed by atoms with E-state index in [0.717, 1.165) is 47.3 Å². The standard InChI is InChI=1S/C17H22BrNOS/c1-19(9-14-5-15(18)21-10-14)16(20)17-6-11-2-12(7-17)4-13(3-11)8-17/h5,10-13H,2-4,6-9H2,1H3. The smallest absolute Gasteiger partial charge is 0.228 e. The van der Waals surface area contributed by atoms with Crippen LogP contribution in [-0.4, -0.2) is 17.9 Å². The molecule has 1 aromatic heterocycles. The van der Waals surface area contributed by atoms with Crippen molar-refractivity contribution in [2.24, 2.45) is 23.2 Å². The molecule has 2 nitrogen and oxygen atoms in total. The van der Waals surface area contributed by atoms with E-state index in [2.05, 4.69) is 27.4 Å². The Morgan fingerprint density at radius 1 is 1.29 bits per heavy atom. The molecular formula is C17H22BrNOS. The van der Waals surface area contributed by atoms with Gasteiger partial charge in [0.2, 0.25) is 5.91 Å². The molecule has 0 aliphatic heterocycles. The lowest BCUT2D eigenvalue weighted by molar-refractivity contribution is -0.156. The van der Waals surface area contributed by atoms with Gasteiger partial charge in [-0.15, -0.1) is 11.3 Å². The van der Waals surface area contributed by atoms with Crippen LogP contribution >= 0.6 is 27.3 Å². The Morgan fingerprint density at radius 3 is 2.33 bits per heavy atom. The first-order valence-electron chi connectivity index (χ1n) is 8.02. The molecule has 0 N–H and O–H groups in total. The Kier molecular flexibility index (Phi) is 3.45. The minimum absolute atomic E-state index is 0.00322. The van der Waals surface area contributed by atoms with Crippen molar-refractivity contribution in [3.05, 3.63) is 20.8 Å². The van der Waals surface area contributed by atoms with Gasteiger partial charge in [0, 0.05) is 13.6 Å². The highest BCUT2D eigenvalue weighted by molar-refractivity contribution is 9.11. The molecule has 0 aromatic carbocycles. The van der Waals surface area contributed by atoms with Crippen molar-refractivity contribution in [3.63, 3.8) is 0 Å². The minimum Gasteiger partial charge on any atom is -0.341 e. The molecule has 1 amide bonds. The molecule has 0 unspecified atom stereocenters. The van der Waals surface area contributed by atoms with Crippen LogP contribution in [0.1, 0.15) is 44.1 Å². The molecule has 0 atom stereocenters. The molecule has 0 saturated heterocycles. The molecule has 1 aromatic rings. The van der Waals surface area contributed by atoms with E-state index in [9.17, 15) is 4.79 Å². The Morgan fingerprint density at radius 2 is 1.86 bits per heavy atom. The maximum atomic E-state index is 13.1. The second-order valence-electron chi connectivity index (χ2n) is 7.62. The van der Waals surface area contributed by atoms with Crippen LogP contribution in [0.4, 0.5) is 0 Å². The van der Waals surface area contributed by atoms with Crippen molar-refractivity contribution in [1.29, 1.82) is 0 Å². The number of carbonyl (C=O) groups is 1. The maximum absolute atomic E-state index is 13.1. The topological polar surface area (TPSA) is 20.3 Å². The average Bonchev–Trinajstić information content (AvgIpc) is 2.81. The average molecular weight is 368 g/mol. The third-order valence-electron chi connectivity index (χ3n) is 5.88. The predicted molar refractivity (Wildman–Crippen MR) is 89.1 cm³/mol. The van der Waals surface area contributed by atoms with Gasteiger partial charge >= 0.3 is 0 Å². The van der Waals surface area contributed by atoms with Crippen molar-refractivity contribution in [1.82, 2.24) is 4.90 Å². The molecule has 4 heteroatoms. The molecule has 1 heterocycles. The lowest BCUT2D eigenvalue weighted by atomic mass is 9.49. The van der Waals surface area contributed by atoms with E-state index >= 15 is 0 Å². The van der Waals surface area contributed by atoms with Crippen LogP contribution in [-0.2, 0) is 11.3 Å². The number of amides is 1. The zero-order valence-electron chi connectivity index (χ0n) is 12.5. The molecule has 21 heavy (non-hydrogen) atoms. The number of nitrogens with zero attached hydrogens (tertiary/aromatic N) is 1. The van der Waals surface area contributed by atoms with Crippen LogP contribution in [0.25, 0.3) is 0 Å². The fraction of sp³-hybridized carbons (Fsp3) is 0.706. The van der Waals surface area contributed by atoms with Gasteiger partial charge in [-0.05, 0) is 89.2 Å². The summed E-state index contributed by atoms with van der Waals surface area (Å²) in [5, 5.41) is 2.15. The fourth-order valence-corrected chi connectivity index (χ4v) is 6.75. The van der Waals surface area contributed by atoms with Crippen LogP contribution in [0.2, 0.25) is 0 Å². The quantitative estimate of drug-likeness (QED) is 0.758. The second kappa shape index (κ2) is 5.09. The molecule has 4 bridgehead atoms. The zero-order chi connectivity index (χ0) is 14.6. The highest BCUT2D eigenvalue weighted by Crippen LogP contribution is 2.60.